The van der Waals surface area contributed by atoms with Crippen molar-refractivity contribution in [2.45, 2.75) is 32.9 Å². The lowest BCUT2D eigenvalue weighted by Crippen LogP contribution is -2.52. The Morgan fingerprint density at radius 1 is 1.22 bits per heavy atom. The molecule has 1 saturated heterocycles. The lowest BCUT2D eigenvalue weighted by molar-refractivity contribution is -0.123. The standard InChI is InChI=1S/C18H26F2N4O3/c1-3-13(2)21-16(25)12-23-7-9-24(10-8-23)18(26)22-14-5-4-6-15(11-14)27-17(19)20/h4-6,11,13,17H,3,7-10,12H2,1-2H3,(H,21,25)(H,22,26). The molecule has 0 aliphatic carbocycles. The number of urea groups is 1. The minimum absolute atomic E-state index is 0.0139. The number of halogens is 2. The topological polar surface area (TPSA) is 73.9 Å². The molecule has 0 aromatic heterocycles. The summed E-state index contributed by atoms with van der Waals surface area (Å²) in [7, 11) is 0. The van der Waals surface area contributed by atoms with Gasteiger partial charge < -0.3 is 20.3 Å². The van der Waals surface area contributed by atoms with Gasteiger partial charge in [0.25, 0.3) is 0 Å². The van der Waals surface area contributed by atoms with Crippen molar-refractivity contribution in [2.24, 2.45) is 0 Å². The molecule has 9 heteroatoms. The first-order valence-corrected chi connectivity index (χ1v) is 9.00. The molecule has 27 heavy (non-hydrogen) atoms. The fourth-order valence-electron chi connectivity index (χ4n) is 2.69. The number of hydrogen-bond donors (Lipinski definition) is 2. The number of anilines is 1. The van der Waals surface area contributed by atoms with Gasteiger partial charge in [0.1, 0.15) is 5.75 Å². The van der Waals surface area contributed by atoms with Crippen molar-refractivity contribution in [2.75, 3.05) is 38.0 Å². The number of benzene rings is 1. The zero-order valence-corrected chi connectivity index (χ0v) is 15.6. The highest BCUT2D eigenvalue weighted by Gasteiger charge is 2.23. The van der Waals surface area contributed by atoms with E-state index in [1.807, 2.05) is 18.7 Å². The van der Waals surface area contributed by atoms with Gasteiger partial charge in [-0.1, -0.05) is 13.0 Å². The van der Waals surface area contributed by atoms with Crippen LogP contribution in [0.5, 0.6) is 5.75 Å². The van der Waals surface area contributed by atoms with Crippen LogP contribution >= 0.6 is 0 Å². The fraction of sp³-hybridized carbons (Fsp3) is 0.556. The lowest BCUT2D eigenvalue weighted by Gasteiger charge is -2.34. The highest BCUT2D eigenvalue weighted by molar-refractivity contribution is 5.89. The molecule has 0 radical (unpaired) electrons. The number of alkyl halides is 2. The Kier molecular flexibility index (Phi) is 7.78. The van der Waals surface area contributed by atoms with Crippen LogP contribution in [0.4, 0.5) is 19.3 Å². The molecule has 2 N–H and O–H groups in total. The molecule has 1 atom stereocenters. The molecule has 7 nitrogen and oxygen atoms in total. The van der Waals surface area contributed by atoms with E-state index in [2.05, 4.69) is 15.4 Å². The third-order valence-electron chi connectivity index (χ3n) is 4.36. The molecular weight excluding hydrogens is 358 g/mol. The van der Waals surface area contributed by atoms with E-state index in [9.17, 15) is 18.4 Å². The van der Waals surface area contributed by atoms with Crippen LogP contribution in [0.1, 0.15) is 20.3 Å². The second-order valence-electron chi connectivity index (χ2n) is 6.48. The minimum atomic E-state index is -2.92. The van der Waals surface area contributed by atoms with Crippen LogP contribution in [0.3, 0.4) is 0 Å². The van der Waals surface area contributed by atoms with Crippen molar-refractivity contribution < 1.29 is 23.1 Å². The van der Waals surface area contributed by atoms with Gasteiger partial charge in [-0.2, -0.15) is 8.78 Å². The molecule has 1 fully saturated rings. The molecule has 150 valence electrons. The number of amides is 3. The maximum atomic E-state index is 12.3. The number of carbonyl (C=O) groups excluding carboxylic acids is 2. The number of hydrogen-bond acceptors (Lipinski definition) is 4. The monoisotopic (exact) mass is 384 g/mol. The predicted octanol–water partition coefficient (Wildman–Crippen LogP) is 2.35. The Balaban J connectivity index is 1.79. The molecule has 0 saturated carbocycles. The number of nitrogens with zero attached hydrogens (tertiary/aromatic N) is 2. The van der Waals surface area contributed by atoms with E-state index in [0.717, 1.165) is 6.42 Å². The summed E-state index contributed by atoms with van der Waals surface area (Å²) < 4.78 is 28.9. The van der Waals surface area contributed by atoms with E-state index in [1.165, 1.54) is 18.2 Å². The van der Waals surface area contributed by atoms with Crippen molar-refractivity contribution in [3.63, 3.8) is 0 Å². The average molecular weight is 384 g/mol. The molecule has 1 aromatic carbocycles. The zero-order valence-electron chi connectivity index (χ0n) is 15.6. The van der Waals surface area contributed by atoms with E-state index in [1.54, 1.807) is 11.0 Å². The van der Waals surface area contributed by atoms with Crippen LogP contribution in [0.15, 0.2) is 24.3 Å². The van der Waals surface area contributed by atoms with Gasteiger partial charge in [0, 0.05) is 44.0 Å². The average Bonchev–Trinajstić information content (AvgIpc) is 2.61. The van der Waals surface area contributed by atoms with E-state index >= 15 is 0 Å². The van der Waals surface area contributed by atoms with E-state index in [4.69, 9.17) is 0 Å². The van der Waals surface area contributed by atoms with E-state index in [-0.39, 0.29) is 23.7 Å². The Morgan fingerprint density at radius 2 is 1.93 bits per heavy atom. The summed E-state index contributed by atoms with van der Waals surface area (Å²) >= 11 is 0. The summed E-state index contributed by atoms with van der Waals surface area (Å²) in [5.41, 5.74) is 0.383. The first kappa shape index (κ1) is 20.9. The molecule has 1 aromatic rings. The van der Waals surface area contributed by atoms with Crippen LogP contribution in [0.25, 0.3) is 0 Å². The molecule has 1 heterocycles. The smallest absolute Gasteiger partial charge is 0.387 e. The van der Waals surface area contributed by atoms with Gasteiger partial charge in [-0.3, -0.25) is 9.69 Å². The molecule has 0 spiro atoms. The van der Waals surface area contributed by atoms with Crippen molar-refractivity contribution in [3.8, 4) is 5.75 Å². The van der Waals surface area contributed by atoms with Gasteiger partial charge in [0.2, 0.25) is 5.91 Å². The number of nitrogens with one attached hydrogen (secondary N) is 2. The maximum absolute atomic E-state index is 12.3. The highest BCUT2D eigenvalue weighted by Crippen LogP contribution is 2.19. The fourth-order valence-corrected chi connectivity index (χ4v) is 2.69. The van der Waals surface area contributed by atoms with Crippen molar-refractivity contribution in [3.05, 3.63) is 24.3 Å². The Hall–Kier alpha value is -2.42. The number of rotatable bonds is 7. The molecule has 1 aliphatic heterocycles. The van der Waals surface area contributed by atoms with Crippen molar-refractivity contribution in [1.29, 1.82) is 0 Å². The minimum Gasteiger partial charge on any atom is -0.435 e. The van der Waals surface area contributed by atoms with Gasteiger partial charge in [0.15, 0.2) is 0 Å². The summed E-state index contributed by atoms with van der Waals surface area (Å²) in [5.74, 6) is -0.0296. The number of carbonyl (C=O) groups is 2. The van der Waals surface area contributed by atoms with Gasteiger partial charge in [-0.05, 0) is 25.5 Å². The summed E-state index contributed by atoms with van der Waals surface area (Å²) in [5, 5.41) is 5.60. The van der Waals surface area contributed by atoms with E-state index < -0.39 is 6.61 Å². The van der Waals surface area contributed by atoms with Gasteiger partial charge in [0.05, 0.1) is 6.54 Å². The lowest BCUT2D eigenvalue weighted by atomic mass is 10.2. The Bertz CT molecular complexity index is 637. The summed E-state index contributed by atoms with van der Waals surface area (Å²) in [6.45, 7) is 3.52. The summed E-state index contributed by atoms with van der Waals surface area (Å²) in [6, 6.07) is 5.71. The van der Waals surface area contributed by atoms with Crippen LogP contribution in [-0.2, 0) is 4.79 Å². The highest BCUT2D eigenvalue weighted by atomic mass is 19.3. The molecule has 2 rings (SSSR count). The van der Waals surface area contributed by atoms with E-state index in [0.29, 0.717) is 38.4 Å². The number of ether oxygens (including phenoxy) is 1. The molecule has 1 unspecified atom stereocenters. The maximum Gasteiger partial charge on any atom is 0.387 e. The summed E-state index contributed by atoms with van der Waals surface area (Å²) in [6.07, 6.45) is 0.878. The second kappa shape index (κ2) is 10.1. The largest absolute Gasteiger partial charge is 0.435 e. The second-order valence-corrected chi connectivity index (χ2v) is 6.48. The Labute approximate surface area is 157 Å². The number of piperazine rings is 1. The zero-order chi connectivity index (χ0) is 19.8. The summed E-state index contributed by atoms with van der Waals surface area (Å²) in [4.78, 5) is 27.9. The quantitative estimate of drug-likeness (QED) is 0.757. The molecule has 1 aliphatic rings. The van der Waals surface area contributed by atoms with Crippen LogP contribution in [0.2, 0.25) is 0 Å². The van der Waals surface area contributed by atoms with Gasteiger partial charge in [-0.25, -0.2) is 4.79 Å². The molecule has 3 amide bonds. The first-order valence-electron chi connectivity index (χ1n) is 9.00. The van der Waals surface area contributed by atoms with Crippen LogP contribution in [-0.4, -0.2) is 67.1 Å². The predicted molar refractivity (Wildman–Crippen MR) is 98.0 cm³/mol. The van der Waals surface area contributed by atoms with Crippen molar-refractivity contribution in [1.82, 2.24) is 15.1 Å². The van der Waals surface area contributed by atoms with Gasteiger partial charge in [-0.15, -0.1) is 0 Å². The Morgan fingerprint density at radius 3 is 2.56 bits per heavy atom. The van der Waals surface area contributed by atoms with Crippen LogP contribution < -0.4 is 15.4 Å². The first-order chi connectivity index (χ1) is 12.9. The van der Waals surface area contributed by atoms with Crippen molar-refractivity contribution >= 4 is 17.6 Å². The normalized spacial score (nSPS) is 16.1. The molecular formula is C18H26F2N4O3. The van der Waals surface area contributed by atoms with Crippen LogP contribution in [0, 0.1) is 0 Å². The third kappa shape index (κ3) is 7.01. The third-order valence-corrected chi connectivity index (χ3v) is 4.36. The SMILES string of the molecule is CCC(C)NC(=O)CN1CCN(C(=O)Nc2cccc(OC(F)F)c2)CC1. The van der Waals surface area contributed by atoms with Gasteiger partial charge >= 0.3 is 12.6 Å². The molecule has 0 bridgehead atoms.